The number of aromatic nitrogens is 1. The molecule has 0 atom stereocenters. The zero-order valence-electron chi connectivity index (χ0n) is 15.7. The fourth-order valence-electron chi connectivity index (χ4n) is 3.15. The molecule has 0 unspecified atom stereocenters. The molecule has 0 aliphatic rings. The molecule has 2 aromatic rings. The SMILES string of the molecule is CCC(CC)C(=O)NCCc1c[nH]c2cc(OC)c(OC)c(OC)c12. The smallest absolute Gasteiger partial charge is 0.223 e. The van der Waals surface area contributed by atoms with Gasteiger partial charge in [-0.15, -0.1) is 0 Å². The molecule has 0 bridgehead atoms. The zero-order valence-corrected chi connectivity index (χ0v) is 15.7. The summed E-state index contributed by atoms with van der Waals surface area (Å²) in [5.74, 6) is 2.03. The van der Waals surface area contributed by atoms with Crippen molar-refractivity contribution in [3.63, 3.8) is 0 Å². The van der Waals surface area contributed by atoms with Gasteiger partial charge in [-0.05, 0) is 24.8 Å². The van der Waals surface area contributed by atoms with Crippen molar-refractivity contribution in [3.8, 4) is 17.2 Å². The topological polar surface area (TPSA) is 72.6 Å². The van der Waals surface area contributed by atoms with Gasteiger partial charge in [-0.1, -0.05) is 13.8 Å². The number of carbonyl (C=O) groups excluding carboxylic acids is 1. The standard InChI is InChI=1S/C19H28N2O4/c1-6-12(7-2)19(22)20-9-8-13-11-21-14-10-15(23-3)17(24-4)18(25-5)16(13)14/h10-12,21H,6-9H2,1-5H3,(H,20,22). The Morgan fingerprint density at radius 3 is 2.36 bits per heavy atom. The van der Waals surface area contributed by atoms with Crippen molar-refractivity contribution >= 4 is 16.8 Å². The lowest BCUT2D eigenvalue weighted by Crippen LogP contribution is -2.31. The molecule has 6 nitrogen and oxygen atoms in total. The van der Waals surface area contributed by atoms with E-state index in [2.05, 4.69) is 10.3 Å². The van der Waals surface area contributed by atoms with Crippen LogP contribution in [0.5, 0.6) is 17.2 Å². The van der Waals surface area contributed by atoms with Crippen LogP contribution in [-0.4, -0.2) is 38.8 Å². The van der Waals surface area contributed by atoms with E-state index in [1.165, 1.54) is 0 Å². The number of ether oxygens (including phenoxy) is 3. The van der Waals surface area contributed by atoms with E-state index in [1.54, 1.807) is 21.3 Å². The predicted molar refractivity (Wildman–Crippen MR) is 98.7 cm³/mol. The Kier molecular flexibility index (Phi) is 6.56. The Balaban J connectivity index is 2.23. The third kappa shape index (κ3) is 3.83. The number of benzene rings is 1. The minimum Gasteiger partial charge on any atom is -0.493 e. The number of aromatic amines is 1. The highest BCUT2D eigenvalue weighted by atomic mass is 16.5. The van der Waals surface area contributed by atoms with Gasteiger partial charge in [0.25, 0.3) is 0 Å². The number of methoxy groups -OCH3 is 3. The molecule has 25 heavy (non-hydrogen) atoms. The molecule has 138 valence electrons. The second kappa shape index (κ2) is 8.65. The summed E-state index contributed by atoms with van der Waals surface area (Å²) in [6.45, 7) is 4.66. The second-order valence-electron chi connectivity index (χ2n) is 5.94. The van der Waals surface area contributed by atoms with E-state index in [0.717, 1.165) is 29.3 Å². The number of rotatable bonds is 9. The molecule has 0 aliphatic heterocycles. The molecule has 0 spiro atoms. The van der Waals surface area contributed by atoms with E-state index in [1.807, 2.05) is 26.1 Å². The Hall–Kier alpha value is -2.37. The summed E-state index contributed by atoms with van der Waals surface area (Å²) in [7, 11) is 4.80. The first-order valence-electron chi connectivity index (χ1n) is 8.67. The molecule has 2 rings (SSSR count). The van der Waals surface area contributed by atoms with E-state index in [9.17, 15) is 4.79 Å². The lowest BCUT2D eigenvalue weighted by Gasteiger charge is -2.15. The molecule has 6 heteroatoms. The predicted octanol–water partition coefficient (Wildman–Crippen LogP) is 3.29. The Labute approximate surface area is 148 Å². The lowest BCUT2D eigenvalue weighted by molar-refractivity contribution is -0.125. The fourth-order valence-corrected chi connectivity index (χ4v) is 3.15. The highest BCUT2D eigenvalue weighted by molar-refractivity contribution is 5.94. The van der Waals surface area contributed by atoms with Gasteiger partial charge in [0.05, 0.1) is 26.8 Å². The number of amides is 1. The van der Waals surface area contributed by atoms with Gasteiger partial charge < -0.3 is 24.5 Å². The van der Waals surface area contributed by atoms with Gasteiger partial charge in [-0.3, -0.25) is 4.79 Å². The van der Waals surface area contributed by atoms with Crippen molar-refractivity contribution in [3.05, 3.63) is 17.8 Å². The van der Waals surface area contributed by atoms with Gasteiger partial charge in [-0.25, -0.2) is 0 Å². The molecule has 2 N–H and O–H groups in total. The highest BCUT2D eigenvalue weighted by Crippen LogP contribution is 2.44. The summed E-state index contributed by atoms with van der Waals surface area (Å²) >= 11 is 0. The number of fused-ring (bicyclic) bond motifs is 1. The quantitative estimate of drug-likeness (QED) is 0.729. The fraction of sp³-hybridized carbons (Fsp3) is 0.526. The minimum atomic E-state index is 0.0851. The number of hydrogen-bond acceptors (Lipinski definition) is 4. The van der Waals surface area contributed by atoms with E-state index < -0.39 is 0 Å². The van der Waals surface area contributed by atoms with Crippen LogP contribution in [0.15, 0.2) is 12.3 Å². The van der Waals surface area contributed by atoms with Gasteiger partial charge >= 0.3 is 0 Å². The minimum absolute atomic E-state index is 0.0851. The zero-order chi connectivity index (χ0) is 18.4. The van der Waals surface area contributed by atoms with Crippen molar-refractivity contribution < 1.29 is 19.0 Å². The molecule has 1 amide bonds. The van der Waals surface area contributed by atoms with E-state index in [0.29, 0.717) is 30.2 Å². The van der Waals surface area contributed by atoms with Crippen LogP contribution in [0.1, 0.15) is 32.3 Å². The lowest BCUT2D eigenvalue weighted by atomic mass is 10.0. The molecule has 0 aliphatic carbocycles. The number of H-pyrrole nitrogens is 1. The normalized spacial score (nSPS) is 11.0. The van der Waals surface area contributed by atoms with Crippen molar-refractivity contribution in [1.82, 2.24) is 10.3 Å². The molecular formula is C19H28N2O4. The Bertz CT molecular complexity index is 720. The number of carbonyl (C=O) groups is 1. The summed E-state index contributed by atoms with van der Waals surface area (Å²) in [6.07, 6.45) is 4.37. The van der Waals surface area contributed by atoms with E-state index >= 15 is 0 Å². The summed E-state index contributed by atoms with van der Waals surface area (Å²) in [5, 5.41) is 3.98. The molecule has 1 aromatic carbocycles. The van der Waals surface area contributed by atoms with Crippen LogP contribution < -0.4 is 19.5 Å². The largest absolute Gasteiger partial charge is 0.493 e. The molecule has 0 saturated carbocycles. The average Bonchev–Trinajstić information content (AvgIpc) is 3.03. The van der Waals surface area contributed by atoms with Crippen LogP contribution in [0.25, 0.3) is 10.9 Å². The van der Waals surface area contributed by atoms with Gasteiger partial charge in [0.2, 0.25) is 11.7 Å². The maximum Gasteiger partial charge on any atom is 0.223 e. The van der Waals surface area contributed by atoms with Crippen LogP contribution in [0.2, 0.25) is 0 Å². The van der Waals surface area contributed by atoms with Crippen LogP contribution in [0, 0.1) is 5.92 Å². The third-order valence-corrected chi connectivity index (χ3v) is 4.60. The van der Waals surface area contributed by atoms with Crippen molar-refractivity contribution in [2.75, 3.05) is 27.9 Å². The van der Waals surface area contributed by atoms with Crippen LogP contribution in [-0.2, 0) is 11.2 Å². The molecular weight excluding hydrogens is 320 g/mol. The summed E-state index contributed by atoms with van der Waals surface area (Å²) in [5.41, 5.74) is 1.98. The molecule has 0 saturated heterocycles. The number of hydrogen-bond donors (Lipinski definition) is 2. The molecule has 1 heterocycles. The molecule has 0 fully saturated rings. The maximum atomic E-state index is 12.1. The third-order valence-electron chi connectivity index (χ3n) is 4.60. The van der Waals surface area contributed by atoms with Gasteiger partial charge in [-0.2, -0.15) is 0 Å². The second-order valence-corrected chi connectivity index (χ2v) is 5.94. The van der Waals surface area contributed by atoms with Gasteiger partial charge in [0, 0.05) is 30.1 Å². The first-order valence-corrected chi connectivity index (χ1v) is 8.67. The molecule has 0 radical (unpaired) electrons. The maximum absolute atomic E-state index is 12.1. The summed E-state index contributed by atoms with van der Waals surface area (Å²) in [6, 6.07) is 1.89. The Morgan fingerprint density at radius 2 is 1.80 bits per heavy atom. The molecule has 1 aromatic heterocycles. The van der Waals surface area contributed by atoms with Crippen LogP contribution in [0.3, 0.4) is 0 Å². The first-order chi connectivity index (χ1) is 12.1. The number of nitrogens with one attached hydrogen (secondary N) is 2. The monoisotopic (exact) mass is 348 g/mol. The van der Waals surface area contributed by atoms with Crippen LogP contribution >= 0.6 is 0 Å². The van der Waals surface area contributed by atoms with Gasteiger partial charge in [0.15, 0.2) is 11.5 Å². The van der Waals surface area contributed by atoms with Gasteiger partial charge in [0.1, 0.15) is 0 Å². The summed E-state index contributed by atoms with van der Waals surface area (Å²) in [4.78, 5) is 15.4. The average molecular weight is 348 g/mol. The summed E-state index contributed by atoms with van der Waals surface area (Å²) < 4.78 is 16.4. The highest BCUT2D eigenvalue weighted by Gasteiger charge is 2.20. The van der Waals surface area contributed by atoms with E-state index in [-0.39, 0.29) is 11.8 Å². The van der Waals surface area contributed by atoms with Crippen molar-refractivity contribution in [2.45, 2.75) is 33.1 Å². The van der Waals surface area contributed by atoms with Crippen LogP contribution in [0.4, 0.5) is 0 Å². The Morgan fingerprint density at radius 1 is 1.12 bits per heavy atom. The first kappa shape index (κ1) is 19.0. The van der Waals surface area contributed by atoms with Crippen molar-refractivity contribution in [2.24, 2.45) is 5.92 Å². The van der Waals surface area contributed by atoms with Crippen molar-refractivity contribution in [1.29, 1.82) is 0 Å². The van der Waals surface area contributed by atoms with E-state index in [4.69, 9.17) is 14.2 Å².